The molecule has 0 aliphatic rings. The predicted octanol–water partition coefficient (Wildman–Crippen LogP) is 1.68. The summed E-state index contributed by atoms with van der Waals surface area (Å²) in [5, 5.41) is 14.5. The Kier molecular flexibility index (Phi) is 7.02. The van der Waals surface area contributed by atoms with Crippen molar-refractivity contribution in [3.63, 3.8) is 0 Å². The van der Waals surface area contributed by atoms with E-state index in [1.807, 2.05) is 0 Å². The van der Waals surface area contributed by atoms with Crippen LogP contribution in [0.15, 0.2) is 52.5 Å². The zero-order valence-corrected chi connectivity index (χ0v) is 16.8. The lowest BCUT2D eigenvalue weighted by atomic mass is 10.2. The maximum atomic E-state index is 12.8. The number of amides is 1. The average molecular weight is 420 g/mol. The molecule has 11 heteroatoms. The molecule has 0 saturated carbocycles. The van der Waals surface area contributed by atoms with Gasteiger partial charge >= 0.3 is 0 Å². The first-order chi connectivity index (χ1) is 13.6. The van der Waals surface area contributed by atoms with Gasteiger partial charge in [0.2, 0.25) is 10.0 Å². The summed E-state index contributed by atoms with van der Waals surface area (Å²) in [6.45, 7) is 1.26. The largest absolute Gasteiger partial charge is 0.495 e. The minimum absolute atomic E-state index is 0.0459. The first-order valence-corrected chi connectivity index (χ1v) is 9.76. The molecule has 0 radical (unpaired) electrons. The van der Waals surface area contributed by atoms with Gasteiger partial charge in [-0.15, -0.1) is 0 Å². The second kappa shape index (κ2) is 9.26. The number of carbonyl (C=O) groups is 1. The standard InChI is InChI=1S/C18H20N4O6S/c1-13-7-8-16(28-3)17(9-13)29(26,27)21(2)12-18(23)20-19-11-14-5-4-6-15(10-14)22(24)25/h4-11H,12H2,1-3H3,(H,20,23)/b19-11+. The van der Waals surface area contributed by atoms with Gasteiger partial charge in [0.15, 0.2) is 0 Å². The fourth-order valence-corrected chi connectivity index (χ4v) is 3.74. The molecule has 0 aromatic heterocycles. The highest BCUT2D eigenvalue weighted by Crippen LogP contribution is 2.27. The molecular weight excluding hydrogens is 400 g/mol. The van der Waals surface area contributed by atoms with Gasteiger partial charge < -0.3 is 4.74 Å². The number of nitrogens with zero attached hydrogens (tertiary/aromatic N) is 3. The lowest BCUT2D eigenvalue weighted by Crippen LogP contribution is -2.36. The van der Waals surface area contributed by atoms with Crippen molar-refractivity contribution < 1.29 is 22.9 Å². The van der Waals surface area contributed by atoms with Gasteiger partial charge in [-0.2, -0.15) is 9.41 Å². The summed E-state index contributed by atoms with van der Waals surface area (Å²) in [6, 6.07) is 10.4. The number of methoxy groups -OCH3 is 1. The van der Waals surface area contributed by atoms with E-state index in [0.29, 0.717) is 5.56 Å². The second-order valence-electron chi connectivity index (χ2n) is 6.06. The number of hydrazone groups is 1. The molecule has 154 valence electrons. The molecule has 10 nitrogen and oxygen atoms in total. The highest BCUT2D eigenvalue weighted by atomic mass is 32.2. The number of benzene rings is 2. The van der Waals surface area contributed by atoms with E-state index in [9.17, 15) is 23.3 Å². The van der Waals surface area contributed by atoms with E-state index in [0.717, 1.165) is 9.87 Å². The maximum absolute atomic E-state index is 12.8. The summed E-state index contributed by atoms with van der Waals surface area (Å²) in [7, 11) is -1.35. The molecule has 0 unspecified atom stereocenters. The molecule has 2 rings (SSSR count). The van der Waals surface area contributed by atoms with Gasteiger partial charge in [0.05, 0.1) is 24.8 Å². The van der Waals surface area contributed by atoms with Gasteiger partial charge in [0, 0.05) is 24.7 Å². The molecule has 2 aromatic carbocycles. The number of non-ortho nitro benzene ring substituents is 1. The summed E-state index contributed by atoms with van der Waals surface area (Å²) in [4.78, 5) is 22.2. The smallest absolute Gasteiger partial charge is 0.270 e. The number of ether oxygens (including phenoxy) is 1. The number of carbonyl (C=O) groups excluding carboxylic acids is 1. The van der Waals surface area contributed by atoms with E-state index in [-0.39, 0.29) is 16.3 Å². The van der Waals surface area contributed by atoms with Crippen LogP contribution in [0.4, 0.5) is 5.69 Å². The van der Waals surface area contributed by atoms with Crippen molar-refractivity contribution in [3.8, 4) is 5.75 Å². The Labute approximate surface area is 168 Å². The molecule has 1 amide bonds. The number of sulfonamides is 1. The average Bonchev–Trinajstić information content (AvgIpc) is 2.68. The molecule has 0 fully saturated rings. The lowest BCUT2D eigenvalue weighted by Gasteiger charge is -2.18. The van der Waals surface area contributed by atoms with Crippen LogP contribution in [0, 0.1) is 17.0 Å². The molecule has 0 aliphatic carbocycles. The fourth-order valence-electron chi connectivity index (χ4n) is 2.37. The van der Waals surface area contributed by atoms with E-state index in [1.54, 1.807) is 25.1 Å². The minimum Gasteiger partial charge on any atom is -0.495 e. The highest BCUT2D eigenvalue weighted by molar-refractivity contribution is 7.89. The monoisotopic (exact) mass is 420 g/mol. The van der Waals surface area contributed by atoms with Crippen molar-refractivity contribution in [1.82, 2.24) is 9.73 Å². The topological polar surface area (TPSA) is 131 Å². The number of rotatable bonds is 8. The van der Waals surface area contributed by atoms with Gasteiger partial charge in [-0.25, -0.2) is 13.8 Å². The molecule has 29 heavy (non-hydrogen) atoms. The third-order valence-electron chi connectivity index (χ3n) is 3.86. The summed E-state index contributed by atoms with van der Waals surface area (Å²) in [6.07, 6.45) is 1.23. The first-order valence-electron chi connectivity index (χ1n) is 8.32. The van der Waals surface area contributed by atoms with Crippen molar-refractivity contribution in [2.45, 2.75) is 11.8 Å². The van der Waals surface area contributed by atoms with Gasteiger partial charge in [-0.3, -0.25) is 14.9 Å². The summed E-state index contributed by atoms with van der Waals surface area (Å²) >= 11 is 0. The fraction of sp³-hybridized carbons (Fsp3) is 0.222. The number of hydrogen-bond acceptors (Lipinski definition) is 7. The summed E-state index contributed by atoms with van der Waals surface area (Å²) < 4.78 is 31.5. The molecule has 0 atom stereocenters. The van der Waals surface area contributed by atoms with E-state index in [4.69, 9.17) is 4.74 Å². The van der Waals surface area contributed by atoms with Crippen molar-refractivity contribution in [1.29, 1.82) is 0 Å². The highest BCUT2D eigenvalue weighted by Gasteiger charge is 2.26. The van der Waals surface area contributed by atoms with Crippen LogP contribution in [0.2, 0.25) is 0 Å². The van der Waals surface area contributed by atoms with Crippen LogP contribution < -0.4 is 10.2 Å². The van der Waals surface area contributed by atoms with Gasteiger partial charge in [0.25, 0.3) is 11.6 Å². The van der Waals surface area contributed by atoms with Crippen LogP contribution >= 0.6 is 0 Å². The van der Waals surface area contributed by atoms with E-state index >= 15 is 0 Å². The molecule has 0 aliphatic heterocycles. The summed E-state index contributed by atoms with van der Waals surface area (Å²) in [5.41, 5.74) is 3.22. The number of aryl methyl sites for hydroxylation is 1. The third-order valence-corrected chi connectivity index (χ3v) is 5.68. The Morgan fingerprint density at radius 1 is 1.31 bits per heavy atom. The van der Waals surface area contributed by atoms with Gasteiger partial charge in [0.1, 0.15) is 10.6 Å². The van der Waals surface area contributed by atoms with Crippen LogP contribution in [0.25, 0.3) is 0 Å². The van der Waals surface area contributed by atoms with Crippen LogP contribution in [0.1, 0.15) is 11.1 Å². The normalized spacial score (nSPS) is 11.6. The van der Waals surface area contributed by atoms with E-state index < -0.39 is 27.4 Å². The summed E-state index contributed by atoms with van der Waals surface area (Å²) in [5.74, 6) is -0.504. The van der Waals surface area contributed by atoms with Gasteiger partial charge in [-0.1, -0.05) is 18.2 Å². The lowest BCUT2D eigenvalue weighted by molar-refractivity contribution is -0.384. The molecule has 0 heterocycles. The predicted molar refractivity (Wildman–Crippen MR) is 106 cm³/mol. The van der Waals surface area contributed by atoms with Gasteiger partial charge in [-0.05, 0) is 24.6 Å². The quantitative estimate of drug-likeness (QED) is 0.393. The Hall–Kier alpha value is -3.31. The van der Waals surface area contributed by atoms with E-state index in [1.165, 1.54) is 44.6 Å². The molecule has 0 saturated heterocycles. The molecule has 0 bridgehead atoms. The number of hydrogen-bond donors (Lipinski definition) is 1. The van der Waals surface area contributed by atoms with Crippen molar-refractivity contribution >= 4 is 27.8 Å². The molecular formula is C18H20N4O6S. The number of nitro groups is 1. The Morgan fingerprint density at radius 3 is 2.69 bits per heavy atom. The van der Waals surface area contributed by atoms with Crippen molar-refractivity contribution in [2.24, 2.45) is 5.10 Å². The zero-order valence-electron chi connectivity index (χ0n) is 16.0. The van der Waals surface area contributed by atoms with E-state index in [2.05, 4.69) is 10.5 Å². The van der Waals surface area contributed by atoms with Crippen LogP contribution in [-0.4, -0.2) is 50.5 Å². The van der Waals surface area contributed by atoms with Crippen LogP contribution in [0.3, 0.4) is 0 Å². The number of nitro benzene ring substituents is 1. The Morgan fingerprint density at radius 2 is 2.03 bits per heavy atom. The first kappa shape index (κ1) is 22.0. The third kappa shape index (κ3) is 5.59. The number of likely N-dealkylation sites (N-methyl/N-ethyl adjacent to an activating group) is 1. The van der Waals surface area contributed by atoms with Crippen LogP contribution in [-0.2, 0) is 14.8 Å². The van der Waals surface area contributed by atoms with Crippen molar-refractivity contribution in [2.75, 3.05) is 20.7 Å². The Balaban J connectivity index is 2.06. The van der Waals surface area contributed by atoms with Crippen molar-refractivity contribution in [3.05, 3.63) is 63.7 Å². The minimum atomic E-state index is -3.97. The molecule has 2 aromatic rings. The zero-order chi connectivity index (χ0) is 21.6. The maximum Gasteiger partial charge on any atom is 0.270 e. The molecule has 0 spiro atoms. The number of nitrogens with one attached hydrogen (secondary N) is 1. The Bertz CT molecular complexity index is 1050. The SMILES string of the molecule is COc1ccc(C)cc1S(=O)(=O)N(C)CC(=O)N/N=C/c1cccc([N+](=O)[O-])c1. The molecule has 1 N–H and O–H groups in total. The second-order valence-corrected chi connectivity index (χ2v) is 8.07. The van der Waals surface area contributed by atoms with Crippen LogP contribution in [0.5, 0.6) is 5.75 Å².